The number of benzene rings is 6. The van der Waals surface area contributed by atoms with Crippen LogP contribution in [0, 0.1) is 47.6 Å². The van der Waals surface area contributed by atoms with Gasteiger partial charge in [-0.3, -0.25) is 0 Å². The molecule has 2 radical (unpaired) electrons. The molecule has 8 aromatic carbocycles. The van der Waals surface area contributed by atoms with Crippen LogP contribution in [0.1, 0.15) is 84.0 Å². The third kappa shape index (κ3) is 11.4. The smallest absolute Gasteiger partial charge is 0.0920 e. The number of halogens is 2. The number of unbranched alkanes of at least 4 members (excludes halogenated alkanes) is 2. The number of rotatable bonds is 8. The summed E-state index contributed by atoms with van der Waals surface area (Å²) in [4.78, 5) is 0. The Balaban J connectivity index is 0.000000150. The summed E-state index contributed by atoms with van der Waals surface area (Å²) in [5, 5.41) is 8.41. The molecule has 0 saturated heterocycles. The molecule has 0 nitrogen and oxygen atoms in total. The van der Waals surface area contributed by atoms with Gasteiger partial charge >= 0.3 is 37.9 Å². The SMILES string of the molecule is CCCCc1cc2c(-c3cc(C)cc(C)c3)c(C)ccc2[cH-]1.CCCCc1cc2c(-c3cc(C)cc(C)c3)c(C)ccc2[cH-]1.[Cl][Zr][Cl].[c-]1cccc2c1[Si]c1ccccc1-2. The van der Waals surface area contributed by atoms with Crippen molar-refractivity contribution >= 4 is 58.5 Å². The molecule has 0 spiro atoms. The summed E-state index contributed by atoms with van der Waals surface area (Å²) in [7, 11) is 10.7. The molecule has 306 valence electrons. The molecule has 4 heteroatoms. The van der Waals surface area contributed by atoms with Crippen LogP contribution < -0.4 is 10.4 Å². The number of hydrogen-bond acceptors (Lipinski definition) is 0. The van der Waals surface area contributed by atoms with Crippen LogP contribution in [-0.2, 0) is 33.7 Å². The minimum Gasteiger partial charge on any atom is -0.184 e. The van der Waals surface area contributed by atoms with Crippen molar-refractivity contribution in [1.29, 1.82) is 0 Å². The summed E-state index contributed by atoms with van der Waals surface area (Å²) in [6.45, 7) is 17.7. The van der Waals surface area contributed by atoms with Crippen LogP contribution in [0.5, 0.6) is 0 Å². The summed E-state index contributed by atoms with van der Waals surface area (Å²) in [5.41, 5.74) is 19.3. The van der Waals surface area contributed by atoms with E-state index in [2.05, 4.69) is 183 Å². The molecule has 9 rings (SSSR count). The molecule has 0 saturated carbocycles. The molecule has 1 aliphatic heterocycles. The first-order chi connectivity index (χ1) is 29.0. The Kier molecular flexibility index (Phi) is 16.6. The third-order valence-electron chi connectivity index (χ3n) is 11.3. The van der Waals surface area contributed by atoms with Gasteiger partial charge in [-0.05, 0) is 65.5 Å². The van der Waals surface area contributed by atoms with Crippen molar-refractivity contribution in [2.24, 2.45) is 0 Å². The second-order valence-electron chi connectivity index (χ2n) is 16.4. The van der Waals surface area contributed by atoms with Crippen molar-refractivity contribution in [3.8, 4) is 33.4 Å². The zero-order valence-electron chi connectivity index (χ0n) is 36.6. The van der Waals surface area contributed by atoms with E-state index in [4.69, 9.17) is 17.0 Å². The van der Waals surface area contributed by atoms with Crippen LogP contribution in [0.4, 0.5) is 0 Å². The van der Waals surface area contributed by atoms with E-state index in [0.29, 0.717) is 0 Å². The van der Waals surface area contributed by atoms with Crippen LogP contribution in [0.25, 0.3) is 54.9 Å². The zero-order valence-corrected chi connectivity index (χ0v) is 41.6. The molecule has 60 heavy (non-hydrogen) atoms. The van der Waals surface area contributed by atoms with E-state index in [9.17, 15) is 0 Å². The largest absolute Gasteiger partial charge is 0.184 e. The van der Waals surface area contributed by atoms with Gasteiger partial charge in [-0.25, -0.2) is 0 Å². The second-order valence-corrected chi connectivity index (χ2v) is 21.4. The molecule has 1 heterocycles. The maximum absolute atomic E-state index is 4.93. The van der Waals surface area contributed by atoms with Gasteiger partial charge in [0.05, 0.1) is 9.52 Å². The van der Waals surface area contributed by atoms with Gasteiger partial charge in [0.15, 0.2) is 0 Å². The van der Waals surface area contributed by atoms with E-state index < -0.39 is 20.8 Å². The average Bonchev–Trinajstić information content (AvgIpc) is 3.94. The van der Waals surface area contributed by atoms with Gasteiger partial charge in [-0.2, -0.15) is 41.6 Å². The molecule has 0 N–H and O–H groups in total. The molecule has 0 aromatic heterocycles. The van der Waals surface area contributed by atoms with Crippen LogP contribution >= 0.6 is 17.0 Å². The zero-order chi connectivity index (χ0) is 42.8. The topological polar surface area (TPSA) is 0 Å². The standard InChI is InChI=1S/2C22H25.C12H7Si.2ClH.Zr/c2*1-5-6-7-18-13-19-9-8-17(4)22(21(19)14-18)20-11-15(2)10-16(3)12-20;1-3-7-11-9(5-1)10-6-2-4-8-12(10)13-11;;;/h2*8-14H,5-7H2,1-4H3;1-7H;2*1H;/q3*-1;;;+2/p-2. The van der Waals surface area contributed by atoms with Crippen molar-refractivity contribution in [3.05, 3.63) is 178 Å². The quantitative estimate of drug-likeness (QED) is 0.105. The van der Waals surface area contributed by atoms with Crippen molar-refractivity contribution < 1.29 is 20.8 Å². The van der Waals surface area contributed by atoms with Gasteiger partial charge in [-0.1, -0.05) is 155 Å². The Bertz CT molecular complexity index is 2450. The minimum atomic E-state index is -0.826. The Morgan fingerprint density at radius 2 is 1.00 bits per heavy atom. The fourth-order valence-corrected chi connectivity index (χ4v) is 10.00. The number of hydrogen-bond donors (Lipinski definition) is 0. The first-order valence-electron chi connectivity index (χ1n) is 21.4. The predicted molar refractivity (Wildman–Crippen MR) is 263 cm³/mol. The predicted octanol–water partition coefficient (Wildman–Crippen LogP) is 15.5. The molecule has 0 amide bonds. The molecular formula is C56H57Cl2SiZr-3. The van der Waals surface area contributed by atoms with Crippen molar-refractivity contribution in [2.75, 3.05) is 0 Å². The van der Waals surface area contributed by atoms with Crippen LogP contribution in [-0.4, -0.2) is 9.52 Å². The van der Waals surface area contributed by atoms with Crippen molar-refractivity contribution in [2.45, 2.75) is 93.9 Å². The summed E-state index contributed by atoms with van der Waals surface area (Å²) < 4.78 is 0. The van der Waals surface area contributed by atoms with Gasteiger partial charge in [0, 0.05) is 0 Å². The van der Waals surface area contributed by atoms with E-state index in [-0.39, 0.29) is 0 Å². The molecular weight excluding hydrogens is 863 g/mol. The molecule has 1 aliphatic rings. The summed E-state index contributed by atoms with van der Waals surface area (Å²) >= 11 is -0.826. The molecule has 0 bridgehead atoms. The maximum atomic E-state index is 4.93. The van der Waals surface area contributed by atoms with E-state index >= 15 is 0 Å². The van der Waals surface area contributed by atoms with Gasteiger partial charge in [0.25, 0.3) is 0 Å². The monoisotopic (exact) mass is 917 g/mol. The number of aryl methyl sites for hydroxylation is 8. The number of fused-ring (bicyclic) bond motifs is 5. The van der Waals surface area contributed by atoms with E-state index in [1.165, 1.54) is 148 Å². The summed E-state index contributed by atoms with van der Waals surface area (Å²) in [5.74, 6) is 0. The van der Waals surface area contributed by atoms with Crippen molar-refractivity contribution in [1.82, 2.24) is 0 Å². The Hall–Kier alpha value is -3.78. The second kappa shape index (κ2) is 21.8. The van der Waals surface area contributed by atoms with E-state index in [1.54, 1.807) is 0 Å². The minimum absolute atomic E-state index is 0.795. The molecule has 8 aromatic rings. The fourth-order valence-electron chi connectivity index (χ4n) is 8.69. The Morgan fingerprint density at radius 1 is 0.550 bits per heavy atom. The van der Waals surface area contributed by atoms with Crippen LogP contribution in [0.3, 0.4) is 0 Å². The van der Waals surface area contributed by atoms with Gasteiger partial charge < -0.3 is 0 Å². The first kappa shape index (κ1) is 45.7. The van der Waals surface area contributed by atoms with E-state index in [1.807, 2.05) is 6.07 Å². The van der Waals surface area contributed by atoms with Gasteiger partial charge in [0.2, 0.25) is 0 Å². The summed E-state index contributed by atoms with van der Waals surface area (Å²) in [6.07, 6.45) is 7.43. The molecule has 0 unspecified atom stereocenters. The molecule has 0 atom stereocenters. The van der Waals surface area contributed by atoms with Crippen LogP contribution in [0.15, 0.2) is 127 Å². The molecule has 0 fully saturated rings. The van der Waals surface area contributed by atoms with Crippen molar-refractivity contribution in [3.63, 3.8) is 0 Å². The first-order valence-corrected chi connectivity index (χ1v) is 28.7. The normalized spacial score (nSPS) is 11.2. The van der Waals surface area contributed by atoms with Gasteiger partial charge in [0.1, 0.15) is 0 Å². The fraction of sp³-hybridized carbons (Fsp3) is 0.250. The third-order valence-corrected chi connectivity index (χ3v) is 12.7. The summed E-state index contributed by atoms with van der Waals surface area (Å²) in [6, 6.07) is 50.5. The average molecular weight is 920 g/mol. The molecule has 0 aliphatic carbocycles. The van der Waals surface area contributed by atoms with Gasteiger partial charge in [-0.15, -0.1) is 74.6 Å². The Labute approximate surface area is 381 Å². The Morgan fingerprint density at radius 3 is 1.47 bits per heavy atom. The van der Waals surface area contributed by atoms with Crippen LogP contribution in [0.2, 0.25) is 0 Å². The van der Waals surface area contributed by atoms with E-state index in [0.717, 1.165) is 9.52 Å². The maximum Gasteiger partial charge on any atom is 0.0920 e.